The van der Waals surface area contributed by atoms with Gasteiger partial charge < -0.3 is 14.6 Å². The minimum absolute atomic E-state index is 0.107. The van der Waals surface area contributed by atoms with E-state index in [1.807, 2.05) is 0 Å². The van der Waals surface area contributed by atoms with Gasteiger partial charge in [0.1, 0.15) is 11.4 Å². The zero-order valence-electron chi connectivity index (χ0n) is 13.1. The lowest BCUT2D eigenvalue weighted by Crippen LogP contribution is -2.32. The van der Waals surface area contributed by atoms with Crippen LogP contribution in [0.1, 0.15) is 31.2 Å². The fraction of sp³-hybridized carbons (Fsp3) is 0.0556. The molecule has 7 nitrogen and oxygen atoms in total. The number of H-pyrrole nitrogens is 1. The van der Waals surface area contributed by atoms with E-state index in [1.54, 1.807) is 36.4 Å². The maximum Gasteiger partial charge on any atom is 0.380 e. The van der Waals surface area contributed by atoms with Crippen molar-refractivity contribution < 1.29 is 24.0 Å². The van der Waals surface area contributed by atoms with Gasteiger partial charge in [0.2, 0.25) is 0 Å². The zero-order chi connectivity index (χ0) is 17.6. The summed E-state index contributed by atoms with van der Waals surface area (Å²) < 4.78 is 5.24. The van der Waals surface area contributed by atoms with Crippen molar-refractivity contribution in [2.45, 2.75) is 0 Å². The van der Waals surface area contributed by atoms with E-state index >= 15 is 0 Å². The predicted molar refractivity (Wildman–Crippen MR) is 87.2 cm³/mol. The molecule has 2 heterocycles. The van der Waals surface area contributed by atoms with Crippen molar-refractivity contribution >= 4 is 28.7 Å². The second kappa shape index (κ2) is 5.48. The van der Waals surface area contributed by atoms with Gasteiger partial charge in [-0.25, -0.2) is 4.79 Å². The highest BCUT2D eigenvalue weighted by Crippen LogP contribution is 2.27. The molecule has 1 aromatic heterocycles. The van der Waals surface area contributed by atoms with Gasteiger partial charge in [0, 0.05) is 10.9 Å². The maximum atomic E-state index is 12.4. The fourth-order valence-corrected chi connectivity index (χ4v) is 2.80. The van der Waals surface area contributed by atoms with Crippen LogP contribution in [0.3, 0.4) is 0 Å². The number of aromatic amines is 1. The molecule has 0 aliphatic carbocycles. The summed E-state index contributed by atoms with van der Waals surface area (Å²) in [4.78, 5) is 44.8. The van der Waals surface area contributed by atoms with Crippen LogP contribution < -0.4 is 4.74 Å². The minimum Gasteiger partial charge on any atom is -0.496 e. The van der Waals surface area contributed by atoms with E-state index in [-0.39, 0.29) is 16.8 Å². The first-order valence-electron chi connectivity index (χ1n) is 7.46. The largest absolute Gasteiger partial charge is 0.496 e. The summed E-state index contributed by atoms with van der Waals surface area (Å²) in [5, 5.41) is 1.18. The van der Waals surface area contributed by atoms with E-state index in [0.29, 0.717) is 21.7 Å². The van der Waals surface area contributed by atoms with E-state index < -0.39 is 17.8 Å². The highest BCUT2D eigenvalue weighted by atomic mass is 16.7. The smallest absolute Gasteiger partial charge is 0.380 e. The normalized spacial score (nSPS) is 13.2. The van der Waals surface area contributed by atoms with Crippen molar-refractivity contribution in [2.24, 2.45) is 0 Å². The number of imide groups is 1. The summed E-state index contributed by atoms with van der Waals surface area (Å²) in [6.07, 6.45) is 0. The second-order valence-electron chi connectivity index (χ2n) is 5.43. The zero-order valence-corrected chi connectivity index (χ0v) is 13.1. The third kappa shape index (κ3) is 2.25. The van der Waals surface area contributed by atoms with Gasteiger partial charge >= 0.3 is 5.97 Å². The predicted octanol–water partition coefficient (Wildman–Crippen LogP) is 2.54. The Hall–Kier alpha value is -3.61. The van der Waals surface area contributed by atoms with E-state index in [9.17, 15) is 14.4 Å². The molecule has 0 saturated heterocycles. The fourth-order valence-electron chi connectivity index (χ4n) is 2.80. The molecule has 124 valence electrons. The van der Waals surface area contributed by atoms with Gasteiger partial charge in [-0.3, -0.25) is 9.59 Å². The molecule has 0 atom stereocenters. The Morgan fingerprint density at radius 2 is 1.68 bits per heavy atom. The first-order chi connectivity index (χ1) is 12.1. The van der Waals surface area contributed by atoms with E-state index in [0.717, 1.165) is 0 Å². The van der Waals surface area contributed by atoms with Crippen LogP contribution in [0.5, 0.6) is 5.75 Å². The molecule has 0 bridgehead atoms. The highest BCUT2D eigenvalue weighted by Gasteiger charge is 2.39. The third-order valence-electron chi connectivity index (χ3n) is 3.99. The van der Waals surface area contributed by atoms with Gasteiger partial charge in [-0.1, -0.05) is 23.3 Å². The Morgan fingerprint density at radius 3 is 2.32 bits per heavy atom. The molecule has 1 aliphatic heterocycles. The standard InChI is InChI=1S/C18H12N2O5/c1-24-15-8-4-7-13-12(15)9-14(19-13)18(23)25-20-16(21)10-5-2-3-6-11(10)17(20)22/h2-9,19H,1H3. The molecule has 1 N–H and O–H groups in total. The van der Waals surface area contributed by atoms with Gasteiger partial charge in [0.25, 0.3) is 11.8 Å². The number of carbonyl (C=O) groups excluding carboxylic acids is 3. The van der Waals surface area contributed by atoms with Gasteiger partial charge in [0.15, 0.2) is 0 Å². The molecule has 2 amide bonds. The van der Waals surface area contributed by atoms with Crippen LogP contribution in [0, 0.1) is 0 Å². The number of nitrogens with zero attached hydrogens (tertiary/aromatic N) is 1. The number of benzene rings is 2. The molecule has 3 aromatic rings. The van der Waals surface area contributed by atoms with Crippen LogP contribution in [-0.4, -0.2) is 34.9 Å². The van der Waals surface area contributed by atoms with Crippen LogP contribution in [0.25, 0.3) is 10.9 Å². The first kappa shape index (κ1) is 14.9. The third-order valence-corrected chi connectivity index (χ3v) is 3.99. The molecular weight excluding hydrogens is 324 g/mol. The number of rotatable bonds is 3. The Balaban J connectivity index is 1.63. The van der Waals surface area contributed by atoms with Gasteiger partial charge in [0.05, 0.1) is 18.2 Å². The van der Waals surface area contributed by atoms with Crippen LogP contribution in [0.4, 0.5) is 0 Å². The van der Waals surface area contributed by atoms with Crippen molar-refractivity contribution in [3.8, 4) is 5.75 Å². The number of amides is 2. The topological polar surface area (TPSA) is 88.7 Å². The number of ether oxygens (including phenoxy) is 1. The van der Waals surface area contributed by atoms with Crippen molar-refractivity contribution in [3.63, 3.8) is 0 Å². The molecule has 0 unspecified atom stereocenters. The second-order valence-corrected chi connectivity index (χ2v) is 5.43. The maximum absolute atomic E-state index is 12.4. The molecule has 0 fully saturated rings. The monoisotopic (exact) mass is 336 g/mol. The van der Waals surface area contributed by atoms with Gasteiger partial charge in [-0.15, -0.1) is 0 Å². The Morgan fingerprint density at radius 1 is 1.00 bits per heavy atom. The van der Waals surface area contributed by atoms with Crippen LogP contribution >= 0.6 is 0 Å². The number of aromatic nitrogens is 1. The highest BCUT2D eigenvalue weighted by molar-refractivity contribution is 6.21. The quantitative estimate of drug-likeness (QED) is 0.743. The Labute approximate surface area is 141 Å². The van der Waals surface area contributed by atoms with Crippen LogP contribution in [0.15, 0.2) is 48.5 Å². The van der Waals surface area contributed by atoms with E-state index in [4.69, 9.17) is 9.57 Å². The van der Waals surface area contributed by atoms with Crippen molar-refractivity contribution in [1.29, 1.82) is 0 Å². The lowest BCUT2D eigenvalue weighted by Gasteiger charge is -2.11. The number of hydrogen-bond donors (Lipinski definition) is 1. The lowest BCUT2D eigenvalue weighted by molar-refractivity contribution is -0.0587. The summed E-state index contributed by atoms with van der Waals surface area (Å²) in [6, 6.07) is 13.2. The number of hydroxylamine groups is 2. The summed E-state index contributed by atoms with van der Waals surface area (Å²) in [5.74, 6) is -1.58. The number of methoxy groups -OCH3 is 1. The number of fused-ring (bicyclic) bond motifs is 2. The van der Waals surface area contributed by atoms with E-state index in [1.165, 1.54) is 19.2 Å². The molecule has 4 rings (SSSR count). The molecule has 0 saturated carbocycles. The molecule has 0 radical (unpaired) electrons. The number of nitrogens with one attached hydrogen (secondary N) is 1. The molecule has 25 heavy (non-hydrogen) atoms. The summed E-state index contributed by atoms with van der Waals surface area (Å²) >= 11 is 0. The molecule has 0 spiro atoms. The molecule has 7 heteroatoms. The van der Waals surface area contributed by atoms with Gasteiger partial charge in [-0.2, -0.15) is 0 Å². The summed E-state index contributed by atoms with van der Waals surface area (Å²) in [6.45, 7) is 0. The van der Waals surface area contributed by atoms with Crippen LogP contribution in [0.2, 0.25) is 0 Å². The van der Waals surface area contributed by atoms with E-state index in [2.05, 4.69) is 4.98 Å². The van der Waals surface area contributed by atoms with Crippen molar-refractivity contribution in [2.75, 3.05) is 7.11 Å². The average Bonchev–Trinajstić information content (AvgIpc) is 3.17. The first-order valence-corrected chi connectivity index (χ1v) is 7.46. The minimum atomic E-state index is -0.840. The SMILES string of the molecule is COc1cccc2[nH]c(C(=O)ON3C(=O)c4ccccc4C3=O)cc12. The molecular formula is C18H12N2O5. The number of hydrogen-bond acceptors (Lipinski definition) is 5. The Bertz CT molecular complexity index is 1000. The average molecular weight is 336 g/mol. The molecule has 1 aliphatic rings. The molecule has 2 aromatic carbocycles. The number of carbonyl (C=O) groups is 3. The van der Waals surface area contributed by atoms with Crippen LogP contribution in [-0.2, 0) is 4.84 Å². The Kier molecular flexibility index (Phi) is 3.28. The van der Waals surface area contributed by atoms with Crippen molar-refractivity contribution in [1.82, 2.24) is 10.0 Å². The summed E-state index contributed by atoms with van der Waals surface area (Å²) in [5.41, 5.74) is 1.20. The lowest BCUT2D eigenvalue weighted by atomic mass is 10.1. The van der Waals surface area contributed by atoms with Gasteiger partial charge in [-0.05, 0) is 30.3 Å². The van der Waals surface area contributed by atoms with Crippen molar-refractivity contribution in [3.05, 3.63) is 65.4 Å². The summed E-state index contributed by atoms with van der Waals surface area (Å²) in [7, 11) is 1.53.